The second kappa shape index (κ2) is 6.78. The second-order valence-electron chi connectivity index (χ2n) is 7.35. The average molecular weight is 362 g/mol. The van der Waals surface area contributed by atoms with Gasteiger partial charge < -0.3 is 14.6 Å². The first-order valence-electron chi connectivity index (χ1n) is 9.61. The number of carbonyl (C=O) groups is 1. The number of hydrogen-bond donors (Lipinski definition) is 1. The minimum absolute atomic E-state index is 0.150. The summed E-state index contributed by atoms with van der Waals surface area (Å²) in [5, 5.41) is 2.99. The molecule has 1 aliphatic carbocycles. The van der Waals surface area contributed by atoms with Crippen molar-refractivity contribution in [1.82, 2.24) is 14.5 Å². The van der Waals surface area contributed by atoms with E-state index >= 15 is 0 Å². The fourth-order valence-electron chi connectivity index (χ4n) is 4.13. The zero-order chi connectivity index (χ0) is 18.2. The van der Waals surface area contributed by atoms with E-state index in [2.05, 4.69) is 32.0 Å². The molecule has 2 aromatic heterocycles. The molecule has 6 heteroatoms. The van der Waals surface area contributed by atoms with Gasteiger partial charge in [0, 0.05) is 31.1 Å². The summed E-state index contributed by atoms with van der Waals surface area (Å²) in [5.74, 6) is -0.150. The van der Waals surface area contributed by atoms with E-state index < -0.39 is 0 Å². The molecule has 1 amide bonds. The van der Waals surface area contributed by atoms with Crippen molar-refractivity contribution in [3.63, 3.8) is 0 Å². The molecule has 3 aromatic rings. The van der Waals surface area contributed by atoms with Gasteiger partial charge in [0.1, 0.15) is 5.52 Å². The van der Waals surface area contributed by atoms with Gasteiger partial charge in [0.2, 0.25) is 0 Å². The number of pyridine rings is 1. The number of ether oxygens (including phenoxy) is 1. The van der Waals surface area contributed by atoms with Gasteiger partial charge in [-0.3, -0.25) is 4.79 Å². The van der Waals surface area contributed by atoms with Gasteiger partial charge in [-0.2, -0.15) is 0 Å². The predicted octanol–water partition coefficient (Wildman–Crippen LogP) is 3.52. The summed E-state index contributed by atoms with van der Waals surface area (Å²) < 4.78 is 7.55. The van der Waals surface area contributed by atoms with Crippen LogP contribution in [0.3, 0.4) is 0 Å². The lowest BCUT2D eigenvalue weighted by atomic mass is 10.1. The summed E-state index contributed by atoms with van der Waals surface area (Å²) in [4.78, 5) is 21.7. The summed E-state index contributed by atoms with van der Waals surface area (Å²) in [5.41, 5.74) is 5.69. The SMILES string of the molecule is O=C(Nc1ccc2c(c1)CCC2)c1cnc2c(c1)ncn2C1CCOCC1. The smallest absolute Gasteiger partial charge is 0.257 e. The highest BCUT2D eigenvalue weighted by atomic mass is 16.5. The third-order valence-corrected chi connectivity index (χ3v) is 5.62. The first-order chi connectivity index (χ1) is 13.3. The molecule has 0 radical (unpaired) electrons. The highest BCUT2D eigenvalue weighted by molar-refractivity contribution is 6.05. The lowest BCUT2D eigenvalue weighted by Gasteiger charge is -2.23. The van der Waals surface area contributed by atoms with Gasteiger partial charge in [0.25, 0.3) is 5.91 Å². The van der Waals surface area contributed by atoms with Crippen molar-refractivity contribution in [2.45, 2.75) is 38.1 Å². The maximum atomic E-state index is 12.7. The number of imidazole rings is 1. The van der Waals surface area contributed by atoms with Crippen LogP contribution in [0, 0.1) is 0 Å². The minimum Gasteiger partial charge on any atom is -0.381 e. The van der Waals surface area contributed by atoms with Gasteiger partial charge in [0.15, 0.2) is 5.65 Å². The lowest BCUT2D eigenvalue weighted by Crippen LogP contribution is -2.19. The number of nitrogens with one attached hydrogen (secondary N) is 1. The molecule has 6 nitrogen and oxygen atoms in total. The standard InChI is InChI=1S/C21H22N4O2/c26-21(24-17-5-4-14-2-1-3-15(14)10-17)16-11-19-20(22-12-16)25(13-23-19)18-6-8-27-9-7-18/h4-5,10-13,18H,1-3,6-9H2,(H,24,26). The van der Waals surface area contributed by atoms with E-state index in [9.17, 15) is 4.79 Å². The number of aromatic nitrogens is 3. The van der Waals surface area contributed by atoms with E-state index in [1.165, 1.54) is 17.5 Å². The van der Waals surface area contributed by atoms with Crippen LogP contribution in [0.25, 0.3) is 11.2 Å². The Bertz CT molecular complexity index is 1000. The Labute approximate surface area is 157 Å². The Hall–Kier alpha value is -2.73. The number of amides is 1. The van der Waals surface area contributed by atoms with E-state index in [0.29, 0.717) is 11.6 Å². The average Bonchev–Trinajstić information content (AvgIpc) is 3.34. The second-order valence-corrected chi connectivity index (χ2v) is 7.35. The molecule has 5 rings (SSSR count). The van der Waals surface area contributed by atoms with Crippen LogP contribution in [-0.2, 0) is 17.6 Å². The third kappa shape index (κ3) is 3.10. The molecular formula is C21H22N4O2. The predicted molar refractivity (Wildman–Crippen MR) is 103 cm³/mol. The summed E-state index contributed by atoms with van der Waals surface area (Å²) in [7, 11) is 0. The normalized spacial score (nSPS) is 17.2. The van der Waals surface area contributed by atoms with Crippen LogP contribution in [0.2, 0.25) is 0 Å². The minimum atomic E-state index is -0.150. The Morgan fingerprint density at radius 1 is 1.11 bits per heavy atom. The molecule has 1 N–H and O–H groups in total. The molecule has 2 aliphatic rings. The molecule has 27 heavy (non-hydrogen) atoms. The molecule has 0 saturated carbocycles. The van der Waals surface area contributed by atoms with Crippen LogP contribution >= 0.6 is 0 Å². The largest absolute Gasteiger partial charge is 0.381 e. The fourth-order valence-corrected chi connectivity index (χ4v) is 4.13. The molecule has 0 spiro atoms. The van der Waals surface area contributed by atoms with Gasteiger partial charge in [-0.15, -0.1) is 0 Å². The van der Waals surface area contributed by atoms with Gasteiger partial charge in [0.05, 0.1) is 11.9 Å². The Morgan fingerprint density at radius 3 is 2.85 bits per heavy atom. The number of carbonyl (C=O) groups excluding carboxylic acids is 1. The number of hydrogen-bond acceptors (Lipinski definition) is 4. The van der Waals surface area contributed by atoms with Crippen LogP contribution in [-0.4, -0.2) is 33.7 Å². The summed E-state index contributed by atoms with van der Waals surface area (Å²) >= 11 is 0. The molecule has 0 bridgehead atoms. The number of fused-ring (bicyclic) bond motifs is 2. The topological polar surface area (TPSA) is 69.0 Å². The first-order valence-corrected chi connectivity index (χ1v) is 9.61. The molecule has 1 saturated heterocycles. The highest BCUT2D eigenvalue weighted by Crippen LogP contribution is 2.26. The van der Waals surface area contributed by atoms with Crippen molar-refractivity contribution in [2.24, 2.45) is 0 Å². The fraction of sp³-hybridized carbons (Fsp3) is 0.381. The van der Waals surface area contributed by atoms with Crippen molar-refractivity contribution in [1.29, 1.82) is 0 Å². The number of rotatable bonds is 3. The number of anilines is 1. The van der Waals surface area contributed by atoms with Crippen LogP contribution in [0.1, 0.15) is 46.8 Å². The highest BCUT2D eigenvalue weighted by Gasteiger charge is 2.19. The van der Waals surface area contributed by atoms with Crippen LogP contribution in [0.4, 0.5) is 5.69 Å². The summed E-state index contributed by atoms with van der Waals surface area (Å²) in [6, 6.07) is 8.37. The van der Waals surface area contributed by atoms with Crippen molar-refractivity contribution in [2.75, 3.05) is 18.5 Å². The zero-order valence-corrected chi connectivity index (χ0v) is 15.1. The van der Waals surface area contributed by atoms with E-state index in [4.69, 9.17) is 4.74 Å². The summed E-state index contributed by atoms with van der Waals surface area (Å²) in [6.07, 6.45) is 8.83. The maximum Gasteiger partial charge on any atom is 0.257 e. The van der Waals surface area contributed by atoms with Crippen molar-refractivity contribution in [3.8, 4) is 0 Å². The van der Waals surface area contributed by atoms with E-state index in [1.54, 1.807) is 6.20 Å². The van der Waals surface area contributed by atoms with E-state index in [-0.39, 0.29) is 5.91 Å². The molecule has 1 aromatic carbocycles. The van der Waals surface area contributed by atoms with Gasteiger partial charge in [-0.05, 0) is 61.4 Å². The third-order valence-electron chi connectivity index (χ3n) is 5.62. The Kier molecular flexibility index (Phi) is 4.13. The molecule has 138 valence electrons. The van der Waals surface area contributed by atoms with Crippen LogP contribution in [0.5, 0.6) is 0 Å². The van der Waals surface area contributed by atoms with E-state index in [1.807, 2.05) is 18.5 Å². The Morgan fingerprint density at radius 2 is 1.96 bits per heavy atom. The first kappa shape index (κ1) is 16.4. The number of aryl methyl sites for hydroxylation is 2. The molecule has 0 unspecified atom stereocenters. The molecular weight excluding hydrogens is 340 g/mol. The molecule has 1 aliphatic heterocycles. The maximum absolute atomic E-state index is 12.7. The van der Waals surface area contributed by atoms with Gasteiger partial charge >= 0.3 is 0 Å². The van der Waals surface area contributed by atoms with Crippen molar-refractivity contribution in [3.05, 3.63) is 53.5 Å². The molecule has 0 atom stereocenters. The zero-order valence-electron chi connectivity index (χ0n) is 15.1. The lowest BCUT2D eigenvalue weighted by molar-refractivity contribution is 0.0704. The number of nitrogens with zero attached hydrogens (tertiary/aromatic N) is 3. The molecule has 3 heterocycles. The van der Waals surface area contributed by atoms with Crippen molar-refractivity contribution < 1.29 is 9.53 Å². The molecule has 1 fully saturated rings. The van der Waals surface area contributed by atoms with E-state index in [0.717, 1.165) is 55.7 Å². The summed E-state index contributed by atoms with van der Waals surface area (Å²) in [6.45, 7) is 1.54. The monoisotopic (exact) mass is 362 g/mol. The van der Waals surface area contributed by atoms with Gasteiger partial charge in [-0.1, -0.05) is 6.07 Å². The van der Waals surface area contributed by atoms with Crippen LogP contribution < -0.4 is 5.32 Å². The van der Waals surface area contributed by atoms with Crippen LogP contribution in [0.15, 0.2) is 36.8 Å². The van der Waals surface area contributed by atoms with Crippen molar-refractivity contribution >= 4 is 22.8 Å². The number of benzene rings is 1. The quantitative estimate of drug-likeness (QED) is 0.774. The Balaban J connectivity index is 1.37. The van der Waals surface area contributed by atoms with Gasteiger partial charge in [-0.25, -0.2) is 9.97 Å².